The summed E-state index contributed by atoms with van der Waals surface area (Å²) in [6, 6.07) is 18.8. The molecule has 0 atom stereocenters. The third-order valence-electron chi connectivity index (χ3n) is 4.89. The topological polar surface area (TPSA) is 54.3 Å². The van der Waals surface area contributed by atoms with Crippen molar-refractivity contribution in [3.63, 3.8) is 0 Å². The van der Waals surface area contributed by atoms with Gasteiger partial charge in [0, 0.05) is 12.8 Å². The van der Waals surface area contributed by atoms with E-state index in [0.29, 0.717) is 18.4 Å². The van der Waals surface area contributed by atoms with Gasteiger partial charge in [-0.3, -0.25) is 5.01 Å². The predicted octanol–water partition coefficient (Wildman–Crippen LogP) is 5.56. The van der Waals surface area contributed by atoms with Gasteiger partial charge in [-0.05, 0) is 52.0 Å². The molecule has 0 saturated carbocycles. The Morgan fingerprint density at radius 2 is 1.44 bits per heavy atom. The second-order valence-corrected chi connectivity index (χ2v) is 8.26. The monoisotopic (exact) mass is 365 g/mol. The largest absolute Gasteiger partial charge is 0.459 e. The summed E-state index contributed by atoms with van der Waals surface area (Å²) < 4.78 is 5.82. The molecule has 0 spiro atoms. The Labute approximate surface area is 161 Å². The van der Waals surface area contributed by atoms with Crippen molar-refractivity contribution in [3.8, 4) is 0 Å². The Hall–Kier alpha value is -2.69. The zero-order valence-electron chi connectivity index (χ0n) is 16.4. The van der Waals surface area contributed by atoms with E-state index in [1.165, 1.54) is 0 Å². The van der Waals surface area contributed by atoms with E-state index < -0.39 is 0 Å². The van der Waals surface area contributed by atoms with Gasteiger partial charge in [-0.2, -0.15) is 0 Å². The van der Waals surface area contributed by atoms with Crippen LogP contribution in [0.5, 0.6) is 0 Å². The molecule has 0 N–H and O–H groups in total. The second kappa shape index (κ2) is 7.51. The first-order valence-corrected chi connectivity index (χ1v) is 9.31. The van der Waals surface area contributed by atoms with Gasteiger partial charge in [-0.25, -0.2) is 4.79 Å². The average Bonchev–Trinajstić information content (AvgIpc) is 2.61. The number of rotatable bonds is 4. The lowest BCUT2D eigenvalue weighted by Crippen LogP contribution is -2.59. The van der Waals surface area contributed by atoms with Crippen LogP contribution in [-0.2, 0) is 4.74 Å². The fourth-order valence-corrected chi connectivity index (χ4v) is 3.89. The van der Waals surface area contributed by atoms with Crippen molar-refractivity contribution in [2.75, 3.05) is 0 Å². The van der Waals surface area contributed by atoms with E-state index in [1.54, 1.807) is 12.1 Å². The highest BCUT2D eigenvalue weighted by molar-refractivity contribution is 5.89. The smallest absolute Gasteiger partial charge is 0.338 e. The van der Waals surface area contributed by atoms with Crippen molar-refractivity contribution < 1.29 is 9.53 Å². The average molecular weight is 365 g/mol. The minimum atomic E-state index is -0.290. The highest BCUT2D eigenvalue weighted by atomic mass is 16.5. The lowest BCUT2D eigenvalue weighted by Gasteiger charge is -2.52. The van der Waals surface area contributed by atoms with Gasteiger partial charge in [0.05, 0.1) is 22.3 Å². The number of carbonyl (C=O) groups is 1. The highest BCUT2D eigenvalue weighted by Crippen LogP contribution is 2.40. The van der Waals surface area contributed by atoms with Gasteiger partial charge < -0.3 is 4.74 Å². The van der Waals surface area contributed by atoms with Crippen LogP contribution in [0.15, 0.2) is 71.0 Å². The third-order valence-corrected chi connectivity index (χ3v) is 4.89. The molecule has 27 heavy (non-hydrogen) atoms. The molecular formula is C22H27N3O2. The van der Waals surface area contributed by atoms with Gasteiger partial charge >= 0.3 is 5.97 Å². The molecule has 0 amide bonds. The number of ether oxygens (including phenoxy) is 1. The zero-order valence-corrected chi connectivity index (χ0v) is 16.4. The summed E-state index contributed by atoms with van der Waals surface area (Å²) in [7, 11) is 0. The van der Waals surface area contributed by atoms with E-state index in [2.05, 4.69) is 38.0 Å². The van der Waals surface area contributed by atoms with Crippen LogP contribution >= 0.6 is 0 Å². The van der Waals surface area contributed by atoms with E-state index in [4.69, 9.17) is 4.74 Å². The maximum Gasteiger partial charge on any atom is 0.338 e. The first-order valence-electron chi connectivity index (χ1n) is 9.31. The summed E-state index contributed by atoms with van der Waals surface area (Å²) in [6.07, 6.45) is 1.23. The van der Waals surface area contributed by atoms with Gasteiger partial charge in [-0.1, -0.05) is 41.6 Å². The van der Waals surface area contributed by atoms with Crippen LogP contribution in [0, 0.1) is 0 Å². The summed E-state index contributed by atoms with van der Waals surface area (Å²) in [6.45, 7) is 8.45. The summed E-state index contributed by atoms with van der Waals surface area (Å²) in [4.78, 5) is 12.4. The molecule has 1 heterocycles. The van der Waals surface area contributed by atoms with Crippen molar-refractivity contribution >= 4 is 11.7 Å². The Morgan fingerprint density at radius 3 is 2.00 bits per heavy atom. The van der Waals surface area contributed by atoms with Crippen LogP contribution in [0.1, 0.15) is 50.9 Å². The van der Waals surface area contributed by atoms with Gasteiger partial charge in [0.2, 0.25) is 0 Å². The minimum absolute atomic E-state index is 0.161. The van der Waals surface area contributed by atoms with Gasteiger partial charge in [-0.15, -0.1) is 5.11 Å². The number of nitrogens with zero attached hydrogens (tertiary/aromatic N) is 3. The van der Waals surface area contributed by atoms with Gasteiger partial charge in [0.25, 0.3) is 0 Å². The van der Waals surface area contributed by atoms with Crippen molar-refractivity contribution in [1.29, 1.82) is 0 Å². The third kappa shape index (κ3) is 4.54. The van der Waals surface area contributed by atoms with E-state index in [9.17, 15) is 4.79 Å². The maximum absolute atomic E-state index is 12.4. The summed E-state index contributed by atoms with van der Waals surface area (Å²) in [5, 5.41) is 11.0. The molecule has 5 heteroatoms. The second-order valence-electron chi connectivity index (χ2n) is 8.26. The maximum atomic E-state index is 12.4. The van der Waals surface area contributed by atoms with E-state index in [1.807, 2.05) is 53.5 Å². The fourth-order valence-electron chi connectivity index (χ4n) is 3.89. The molecule has 0 radical (unpaired) electrons. The van der Waals surface area contributed by atoms with Crippen LogP contribution in [0.4, 0.5) is 5.69 Å². The summed E-state index contributed by atoms with van der Waals surface area (Å²) in [5.74, 6) is -0.272. The lowest BCUT2D eigenvalue weighted by molar-refractivity contribution is -0.0905. The van der Waals surface area contributed by atoms with Crippen molar-refractivity contribution in [3.05, 3.63) is 66.2 Å². The fraction of sp³-hybridized carbons (Fsp3) is 0.409. The van der Waals surface area contributed by atoms with Crippen molar-refractivity contribution in [2.24, 2.45) is 10.3 Å². The molecule has 3 rings (SSSR count). The molecule has 0 aromatic heterocycles. The molecule has 1 fully saturated rings. The summed E-state index contributed by atoms with van der Waals surface area (Å²) >= 11 is 0. The number of benzene rings is 2. The van der Waals surface area contributed by atoms with Crippen LogP contribution in [0.25, 0.3) is 0 Å². The molecule has 1 aliphatic rings. The lowest BCUT2D eigenvalue weighted by atomic mass is 9.80. The van der Waals surface area contributed by atoms with Crippen LogP contribution in [0.3, 0.4) is 0 Å². The Bertz CT molecular complexity index is 783. The highest BCUT2D eigenvalue weighted by Gasteiger charge is 2.47. The van der Waals surface area contributed by atoms with Crippen LogP contribution < -0.4 is 0 Å². The SMILES string of the molecule is CC1(C)CC(OC(=O)c2ccccc2)CC(C)(C)N1N=Nc1ccccc1. The summed E-state index contributed by atoms with van der Waals surface area (Å²) in [5.41, 5.74) is 0.824. The molecule has 0 unspecified atom stereocenters. The molecule has 1 aliphatic heterocycles. The molecule has 0 aliphatic carbocycles. The molecular weight excluding hydrogens is 338 g/mol. The first-order chi connectivity index (χ1) is 12.8. The quantitative estimate of drug-likeness (QED) is 0.526. The van der Waals surface area contributed by atoms with Crippen LogP contribution in [-0.4, -0.2) is 28.2 Å². The number of piperidine rings is 1. The van der Waals surface area contributed by atoms with Gasteiger partial charge in [0.1, 0.15) is 6.10 Å². The number of hydrogen-bond donors (Lipinski definition) is 0. The molecule has 0 bridgehead atoms. The molecule has 1 saturated heterocycles. The zero-order chi connectivity index (χ0) is 19.5. The normalized spacial score (nSPS) is 19.2. The van der Waals surface area contributed by atoms with Crippen LogP contribution in [0.2, 0.25) is 0 Å². The van der Waals surface area contributed by atoms with Gasteiger partial charge in [0.15, 0.2) is 0 Å². The Kier molecular flexibility index (Phi) is 5.31. The predicted molar refractivity (Wildman–Crippen MR) is 106 cm³/mol. The number of esters is 1. The van der Waals surface area contributed by atoms with Crippen molar-refractivity contribution in [1.82, 2.24) is 5.01 Å². The van der Waals surface area contributed by atoms with E-state index >= 15 is 0 Å². The first kappa shape index (κ1) is 19.1. The number of hydrogen-bond acceptors (Lipinski definition) is 4. The minimum Gasteiger partial charge on any atom is -0.459 e. The number of carbonyl (C=O) groups excluding carboxylic acids is 1. The van der Waals surface area contributed by atoms with E-state index in [-0.39, 0.29) is 23.2 Å². The van der Waals surface area contributed by atoms with Crippen molar-refractivity contribution in [2.45, 2.75) is 57.7 Å². The molecule has 2 aromatic carbocycles. The van der Waals surface area contributed by atoms with E-state index in [0.717, 1.165) is 5.69 Å². The Balaban J connectivity index is 1.74. The standard InChI is InChI=1S/C22H27N3O2/c1-21(2)15-19(27-20(26)17-11-7-5-8-12-17)16-22(3,4)25(21)24-23-18-13-9-6-10-14-18/h5-14,19H,15-16H2,1-4H3. The molecule has 5 nitrogen and oxygen atoms in total. The molecule has 2 aromatic rings. The Morgan fingerprint density at radius 1 is 0.926 bits per heavy atom. The molecule has 142 valence electrons.